The molecule has 1 aromatic rings. The zero-order valence-corrected chi connectivity index (χ0v) is 16.4. The molecule has 28 heavy (non-hydrogen) atoms. The number of amides is 4. The summed E-state index contributed by atoms with van der Waals surface area (Å²) in [7, 11) is 0. The Morgan fingerprint density at radius 1 is 1.21 bits per heavy atom. The minimum absolute atomic E-state index is 0.0701. The van der Waals surface area contributed by atoms with E-state index < -0.39 is 11.6 Å². The smallest absolute Gasteiger partial charge is 0.325 e. The number of hydrogen-bond acceptors (Lipinski definition) is 4. The summed E-state index contributed by atoms with van der Waals surface area (Å²) in [6, 6.07) is 6.57. The van der Waals surface area contributed by atoms with E-state index >= 15 is 0 Å². The van der Waals surface area contributed by atoms with Gasteiger partial charge in [0.2, 0.25) is 5.91 Å². The van der Waals surface area contributed by atoms with Crippen LogP contribution >= 0.6 is 0 Å². The van der Waals surface area contributed by atoms with Crippen LogP contribution in [-0.4, -0.2) is 47.2 Å². The van der Waals surface area contributed by atoms with Crippen LogP contribution in [-0.2, 0) is 16.0 Å². The SMILES string of the molecule is CC(=O)NCCc1ccc(C(=O)CN2C(=O)N[C@@]3(CCCC[C@@H]3C)C2=O)cc1. The van der Waals surface area contributed by atoms with Crippen LogP contribution in [0, 0.1) is 5.92 Å². The van der Waals surface area contributed by atoms with Gasteiger partial charge in [0.1, 0.15) is 5.54 Å². The fourth-order valence-electron chi connectivity index (χ4n) is 4.11. The van der Waals surface area contributed by atoms with Crippen LogP contribution in [0.4, 0.5) is 4.79 Å². The predicted octanol–water partition coefficient (Wildman–Crippen LogP) is 2.05. The number of nitrogens with zero attached hydrogens (tertiary/aromatic N) is 1. The largest absolute Gasteiger partial charge is 0.356 e. The monoisotopic (exact) mass is 385 g/mol. The maximum atomic E-state index is 13.0. The molecule has 1 heterocycles. The van der Waals surface area contributed by atoms with E-state index in [1.165, 1.54) is 6.92 Å². The Bertz CT molecular complexity index is 789. The van der Waals surface area contributed by atoms with Gasteiger partial charge in [-0.1, -0.05) is 44.0 Å². The molecule has 4 amide bonds. The van der Waals surface area contributed by atoms with E-state index in [0.717, 1.165) is 29.7 Å². The minimum atomic E-state index is -0.844. The Labute approximate surface area is 164 Å². The molecule has 2 fully saturated rings. The molecule has 0 aromatic heterocycles. The van der Waals surface area contributed by atoms with Crippen LogP contribution in [0.25, 0.3) is 0 Å². The molecule has 2 N–H and O–H groups in total. The number of carbonyl (C=O) groups excluding carboxylic acids is 4. The third-order valence-corrected chi connectivity index (χ3v) is 5.87. The summed E-state index contributed by atoms with van der Waals surface area (Å²) in [5.41, 5.74) is 0.611. The van der Waals surface area contributed by atoms with Crippen LogP contribution in [0.1, 0.15) is 55.5 Å². The number of benzene rings is 1. The summed E-state index contributed by atoms with van der Waals surface area (Å²) in [4.78, 5) is 50.0. The molecule has 3 rings (SSSR count). The van der Waals surface area contributed by atoms with E-state index in [-0.39, 0.29) is 30.1 Å². The number of rotatable bonds is 6. The van der Waals surface area contributed by atoms with Crippen LogP contribution in [0.15, 0.2) is 24.3 Å². The number of imide groups is 1. The summed E-state index contributed by atoms with van der Waals surface area (Å²) >= 11 is 0. The topological polar surface area (TPSA) is 95.6 Å². The standard InChI is InChI=1S/C21H27N3O4/c1-14-5-3-4-11-21(14)19(27)24(20(28)23-21)13-18(26)17-8-6-16(7-9-17)10-12-22-15(2)25/h6-9,14H,3-5,10-13H2,1-2H3,(H,22,25)(H,23,28)/t14-,21+/m0/s1. The average Bonchev–Trinajstić information content (AvgIpc) is 2.89. The van der Waals surface area contributed by atoms with Crippen LogP contribution < -0.4 is 10.6 Å². The van der Waals surface area contributed by atoms with E-state index in [0.29, 0.717) is 24.9 Å². The van der Waals surface area contributed by atoms with Crippen LogP contribution in [0.2, 0.25) is 0 Å². The molecule has 1 aliphatic carbocycles. The van der Waals surface area contributed by atoms with Crippen molar-refractivity contribution in [2.24, 2.45) is 5.92 Å². The van der Waals surface area contributed by atoms with Gasteiger partial charge in [-0.2, -0.15) is 0 Å². The highest BCUT2D eigenvalue weighted by Crippen LogP contribution is 2.38. The first kappa shape index (κ1) is 20.0. The molecule has 7 heteroatoms. The highest BCUT2D eigenvalue weighted by atomic mass is 16.2. The number of carbonyl (C=O) groups is 4. The minimum Gasteiger partial charge on any atom is -0.356 e. The number of nitrogens with one attached hydrogen (secondary N) is 2. The van der Waals surface area contributed by atoms with E-state index in [4.69, 9.17) is 0 Å². The Hall–Kier alpha value is -2.70. The second-order valence-corrected chi connectivity index (χ2v) is 7.79. The lowest BCUT2D eigenvalue weighted by Gasteiger charge is -2.36. The Kier molecular flexibility index (Phi) is 5.82. The average molecular weight is 385 g/mol. The lowest BCUT2D eigenvalue weighted by molar-refractivity contribution is -0.133. The van der Waals surface area contributed by atoms with Gasteiger partial charge in [-0.25, -0.2) is 4.79 Å². The van der Waals surface area contributed by atoms with Crippen molar-refractivity contribution in [3.05, 3.63) is 35.4 Å². The van der Waals surface area contributed by atoms with E-state index in [1.54, 1.807) is 12.1 Å². The Balaban J connectivity index is 1.63. The molecule has 0 unspecified atom stereocenters. The second kappa shape index (κ2) is 8.12. The summed E-state index contributed by atoms with van der Waals surface area (Å²) in [5, 5.41) is 5.59. The van der Waals surface area contributed by atoms with Gasteiger partial charge >= 0.3 is 6.03 Å². The molecule has 1 spiro atoms. The molecular weight excluding hydrogens is 358 g/mol. The molecule has 1 saturated carbocycles. The van der Waals surface area contributed by atoms with Crippen molar-refractivity contribution in [3.8, 4) is 0 Å². The van der Waals surface area contributed by atoms with Crippen molar-refractivity contribution >= 4 is 23.6 Å². The summed E-state index contributed by atoms with van der Waals surface area (Å²) in [5.74, 6) is -0.548. The van der Waals surface area contributed by atoms with Crippen molar-refractivity contribution in [3.63, 3.8) is 0 Å². The molecule has 0 bridgehead atoms. The second-order valence-electron chi connectivity index (χ2n) is 7.79. The van der Waals surface area contributed by atoms with Gasteiger partial charge in [0, 0.05) is 19.0 Å². The van der Waals surface area contributed by atoms with Gasteiger partial charge in [-0.15, -0.1) is 0 Å². The highest BCUT2D eigenvalue weighted by molar-refractivity contribution is 6.11. The molecule has 2 aliphatic rings. The molecule has 1 aromatic carbocycles. The van der Waals surface area contributed by atoms with Gasteiger partial charge in [-0.05, 0) is 30.7 Å². The highest BCUT2D eigenvalue weighted by Gasteiger charge is 2.55. The normalized spacial score (nSPS) is 24.4. The summed E-state index contributed by atoms with van der Waals surface area (Å²) < 4.78 is 0. The first-order valence-electron chi connectivity index (χ1n) is 9.84. The van der Waals surface area contributed by atoms with Gasteiger partial charge in [0.05, 0.1) is 6.54 Å². The first-order chi connectivity index (χ1) is 13.3. The third-order valence-electron chi connectivity index (χ3n) is 5.87. The van der Waals surface area contributed by atoms with Crippen molar-refractivity contribution in [1.29, 1.82) is 0 Å². The zero-order chi connectivity index (χ0) is 20.3. The van der Waals surface area contributed by atoms with E-state index in [1.807, 2.05) is 19.1 Å². The lowest BCUT2D eigenvalue weighted by atomic mass is 9.73. The first-order valence-corrected chi connectivity index (χ1v) is 9.84. The Morgan fingerprint density at radius 2 is 1.93 bits per heavy atom. The Morgan fingerprint density at radius 3 is 2.57 bits per heavy atom. The van der Waals surface area contributed by atoms with Crippen LogP contribution in [0.5, 0.6) is 0 Å². The number of ketones is 1. The van der Waals surface area contributed by atoms with Gasteiger partial charge < -0.3 is 10.6 Å². The fraction of sp³-hybridized carbons (Fsp3) is 0.524. The van der Waals surface area contributed by atoms with Gasteiger partial charge in [-0.3, -0.25) is 19.3 Å². The molecule has 2 atom stereocenters. The number of urea groups is 1. The molecule has 0 radical (unpaired) electrons. The van der Waals surface area contributed by atoms with Crippen molar-refractivity contribution in [2.75, 3.05) is 13.1 Å². The van der Waals surface area contributed by atoms with Crippen molar-refractivity contribution < 1.29 is 19.2 Å². The maximum Gasteiger partial charge on any atom is 0.325 e. The maximum absolute atomic E-state index is 13.0. The van der Waals surface area contributed by atoms with Gasteiger partial charge in [0.25, 0.3) is 5.91 Å². The fourth-order valence-corrected chi connectivity index (χ4v) is 4.11. The third kappa shape index (κ3) is 3.93. The zero-order valence-electron chi connectivity index (χ0n) is 16.4. The quantitative estimate of drug-likeness (QED) is 0.579. The predicted molar refractivity (Wildman–Crippen MR) is 104 cm³/mol. The molecule has 1 aliphatic heterocycles. The van der Waals surface area contributed by atoms with Crippen LogP contribution in [0.3, 0.4) is 0 Å². The lowest BCUT2D eigenvalue weighted by Crippen LogP contribution is -2.54. The summed E-state index contributed by atoms with van der Waals surface area (Å²) in [6.07, 6.45) is 4.15. The molecular formula is C21H27N3O4. The number of Topliss-reactive ketones (excluding diaryl/α,β-unsaturated/α-hetero) is 1. The van der Waals surface area contributed by atoms with Crippen molar-refractivity contribution in [1.82, 2.24) is 15.5 Å². The number of hydrogen-bond donors (Lipinski definition) is 2. The van der Waals surface area contributed by atoms with E-state index in [9.17, 15) is 19.2 Å². The van der Waals surface area contributed by atoms with Gasteiger partial charge in [0.15, 0.2) is 5.78 Å². The molecule has 150 valence electrons. The summed E-state index contributed by atoms with van der Waals surface area (Å²) in [6.45, 7) is 3.74. The molecule has 7 nitrogen and oxygen atoms in total. The van der Waals surface area contributed by atoms with Crippen molar-refractivity contribution in [2.45, 2.75) is 51.5 Å². The molecule has 1 saturated heterocycles. The van der Waals surface area contributed by atoms with E-state index in [2.05, 4.69) is 10.6 Å².